The summed E-state index contributed by atoms with van der Waals surface area (Å²) in [6.45, 7) is 11.9. The number of hydrogen-bond acceptors (Lipinski definition) is 4. The fourth-order valence-electron chi connectivity index (χ4n) is 3.46. The topological polar surface area (TPSA) is 68.2 Å². The van der Waals surface area contributed by atoms with Gasteiger partial charge in [-0.3, -0.25) is 9.89 Å². The van der Waals surface area contributed by atoms with E-state index >= 15 is 0 Å². The van der Waals surface area contributed by atoms with Gasteiger partial charge in [0.1, 0.15) is 0 Å². The molecule has 1 fully saturated rings. The summed E-state index contributed by atoms with van der Waals surface area (Å²) in [5, 5.41) is 3.31. The number of rotatable bonds is 8. The van der Waals surface area contributed by atoms with Crippen LogP contribution in [0.1, 0.15) is 27.2 Å². The van der Waals surface area contributed by atoms with Gasteiger partial charge in [-0.05, 0) is 13.3 Å². The molecule has 0 saturated carbocycles. The Kier molecular flexibility index (Phi) is 10.4. The summed E-state index contributed by atoms with van der Waals surface area (Å²) < 4.78 is 26.1. The highest BCUT2D eigenvalue weighted by Gasteiger charge is 2.29. The maximum absolute atomic E-state index is 12.3. The van der Waals surface area contributed by atoms with Crippen LogP contribution in [-0.4, -0.2) is 92.6 Å². The molecular formula is C17H34IN5O2S. The van der Waals surface area contributed by atoms with Crippen molar-refractivity contribution < 1.29 is 8.42 Å². The first-order valence-corrected chi connectivity index (χ1v) is 11.0. The molecule has 1 saturated heterocycles. The highest BCUT2D eigenvalue weighted by molar-refractivity contribution is 14.0. The summed E-state index contributed by atoms with van der Waals surface area (Å²) in [6.07, 6.45) is 5.57. The van der Waals surface area contributed by atoms with E-state index in [-0.39, 0.29) is 29.7 Å². The maximum atomic E-state index is 12.3. The van der Waals surface area contributed by atoms with E-state index in [0.717, 1.165) is 45.1 Å². The quantitative estimate of drug-likeness (QED) is 0.235. The minimum atomic E-state index is -3.22. The predicted octanol–water partition coefficient (Wildman–Crippen LogP) is 1.19. The minimum absolute atomic E-state index is 0. The number of aliphatic imine (C=N–C) groups is 1. The second-order valence-corrected chi connectivity index (χ2v) is 8.54. The Labute approximate surface area is 176 Å². The van der Waals surface area contributed by atoms with Gasteiger partial charge in [0.15, 0.2) is 5.96 Å². The van der Waals surface area contributed by atoms with Gasteiger partial charge < -0.3 is 10.2 Å². The van der Waals surface area contributed by atoms with E-state index in [9.17, 15) is 8.42 Å². The first-order chi connectivity index (χ1) is 12.0. The third-order valence-electron chi connectivity index (χ3n) is 4.87. The zero-order chi connectivity index (χ0) is 18.3. The lowest BCUT2D eigenvalue weighted by atomic mass is 10.2. The molecule has 0 spiro atoms. The molecule has 0 bridgehead atoms. The Bertz CT molecular complexity index is 570. The lowest BCUT2D eigenvalue weighted by Crippen LogP contribution is -2.43. The molecule has 0 aromatic rings. The molecule has 0 amide bonds. The van der Waals surface area contributed by atoms with Crippen LogP contribution in [0.2, 0.25) is 0 Å². The van der Waals surface area contributed by atoms with Gasteiger partial charge in [-0.2, -0.15) is 0 Å². The van der Waals surface area contributed by atoms with E-state index in [2.05, 4.69) is 32.3 Å². The van der Waals surface area contributed by atoms with Crippen molar-refractivity contribution in [2.75, 3.05) is 58.1 Å². The van der Waals surface area contributed by atoms with Crippen LogP contribution < -0.4 is 5.32 Å². The van der Waals surface area contributed by atoms with Gasteiger partial charge in [-0.15, -0.1) is 24.0 Å². The van der Waals surface area contributed by atoms with Crippen molar-refractivity contribution in [2.45, 2.75) is 33.2 Å². The first-order valence-electron chi connectivity index (χ1n) is 9.41. The average Bonchev–Trinajstić information content (AvgIpc) is 3.26. The molecule has 1 N–H and O–H groups in total. The van der Waals surface area contributed by atoms with Crippen LogP contribution in [0.5, 0.6) is 0 Å². The normalized spacial score (nSPS) is 21.5. The Morgan fingerprint density at radius 1 is 1.23 bits per heavy atom. The Morgan fingerprint density at radius 3 is 2.46 bits per heavy atom. The molecule has 9 heteroatoms. The van der Waals surface area contributed by atoms with Gasteiger partial charge in [-0.25, -0.2) is 12.7 Å². The van der Waals surface area contributed by atoms with Crippen molar-refractivity contribution in [2.24, 2.45) is 4.99 Å². The highest BCUT2D eigenvalue weighted by atomic mass is 127. The summed E-state index contributed by atoms with van der Waals surface area (Å²) in [4.78, 5) is 9.33. The number of nitrogens with zero attached hydrogens (tertiary/aromatic N) is 4. The zero-order valence-corrected chi connectivity index (χ0v) is 19.4. The number of halogens is 1. The minimum Gasteiger partial charge on any atom is -0.357 e. The molecule has 26 heavy (non-hydrogen) atoms. The number of likely N-dealkylation sites (tertiary alicyclic amines) is 1. The third kappa shape index (κ3) is 6.35. The molecule has 1 unspecified atom stereocenters. The van der Waals surface area contributed by atoms with Crippen LogP contribution in [0.4, 0.5) is 0 Å². The van der Waals surface area contributed by atoms with E-state index in [4.69, 9.17) is 0 Å². The van der Waals surface area contributed by atoms with Gasteiger partial charge >= 0.3 is 0 Å². The Hall–Kier alpha value is -0.390. The van der Waals surface area contributed by atoms with E-state index in [1.54, 1.807) is 0 Å². The van der Waals surface area contributed by atoms with Gasteiger partial charge in [0.05, 0.1) is 12.3 Å². The molecule has 0 aliphatic carbocycles. The van der Waals surface area contributed by atoms with Gasteiger partial charge in [0.2, 0.25) is 10.0 Å². The van der Waals surface area contributed by atoms with Gasteiger partial charge in [0.25, 0.3) is 0 Å². The molecule has 2 rings (SSSR count). The molecule has 0 radical (unpaired) electrons. The molecule has 2 aliphatic rings. The van der Waals surface area contributed by atoms with Crippen LogP contribution in [0, 0.1) is 0 Å². The van der Waals surface area contributed by atoms with Crippen molar-refractivity contribution in [1.29, 1.82) is 0 Å². The van der Waals surface area contributed by atoms with E-state index in [1.165, 1.54) is 4.31 Å². The number of sulfonamides is 1. The fraction of sp³-hybridized carbons (Fsp3) is 0.824. The third-order valence-corrected chi connectivity index (χ3v) is 6.87. The average molecular weight is 499 g/mol. The molecule has 2 aliphatic heterocycles. The van der Waals surface area contributed by atoms with Crippen LogP contribution in [0.3, 0.4) is 0 Å². The maximum Gasteiger partial charge on any atom is 0.215 e. The van der Waals surface area contributed by atoms with E-state index in [1.807, 2.05) is 20.8 Å². The summed E-state index contributed by atoms with van der Waals surface area (Å²) >= 11 is 0. The van der Waals surface area contributed by atoms with Crippen LogP contribution in [0.25, 0.3) is 0 Å². The van der Waals surface area contributed by atoms with Crippen LogP contribution >= 0.6 is 24.0 Å². The Morgan fingerprint density at radius 2 is 1.88 bits per heavy atom. The Balaban J connectivity index is 0.00000338. The first kappa shape index (κ1) is 23.6. The van der Waals surface area contributed by atoms with Gasteiger partial charge in [0, 0.05) is 51.9 Å². The number of hydrogen-bond donors (Lipinski definition) is 1. The fourth-order valence-corrected chi connectivity index (χ4v) is 4.83. The second-order valence-electron chi connectivity index (χ2n) is 6.45. The largest absolute Gasteiger partial charge is 0.357 e. The molecule has 2 heterocycles. The van der Waals surface area contributed by atoms with E-state index < -0.39 is 10.0 Å². The second kappa shape index (κ2) is 11.5. The van der Waals surface area contributed by atoms with Gasteiger partial charge in [-0.1, -0.05) is 26.0 Å². The highest BCUT2D eigenvalue weighted by Crippen LogP contribution is 2.17. The smallest absolute Gasteiger partial charge is 0.215 e. The summed E-state index contributed by atoms with van der Waals surface area (Å²) in [5.74, 6) is 0.906. The number of guanidine groups is 1. The summed E-state index contributed by atoms with van der Waals surface area (Å²) in [5.41, 5.74) is 0. The standard InChI is InChI=1S/C17H33N5O2S.HI/c1-4-18-17(19-10-14-25(23,24)22(5-2)6-3)21-13-9-16(15-21)20-11-7-8-12-20;/h7-8,16H,4-6,9-15H2,1-3H3,(H,18,19);1H. The van der Waals surface area contributed by atoms with Crippen molar-refractivity contribution in [3.05, 3.63) is 12.2 Å². The zero-order valence-electron chi connectivity index (χ0n) is 16.2. The number of nitrogens with one attached hydrogen (secondary N) is 1. The van der Waals surface area contributed by atoms with Crippen molar-refractivity contribution >= 4 is 40.0 Å². The SMILES string of the molecule is CCNC(=NCCS(=O)(=O)N(CC)CC)N1CCC(N2CC=CC2)C1.I. The molecule has 0 aromatic carbocycles. The van der Waals surface area contributed by atoms with Crippen LogP contribution in [-0.2, 0) is 10.0 Å². The van der Waals surface area contributed by atoms with Crippen molar-refractivity contribution in [1.82, 2.24) is 19.4 Å². The predicted molar refractivity (Wildman–Crippen MR) is 119 cm³/mol. The molecular weight excluding hydrogens is 465 g/mol. The molecule has 7 nitrogen and oxygen atoms in total. The van der Waals surface area contributed by atoms with E-state index in [0.29, 0.717) is 25.7 Å². The summed E-state index contributed by atoms with van der Waals surface area (Å²) in [7, 11) is -3.22. The van der Waals surface area contributed by atoms with Crippen molar-refractivity contribution in [3.63, 3.8) is 0 Å². The summed E-state index contributed by atoms with van der Waals surface area (Å²) in [6, 6.07) is 0.554. The van der Waals surface area contributed by atoms with Crippen LogP contribution in [0.15, 0.2) is 17.1 Å². The lowest BCUT2D eigenvalue weighted by molar-refractivity contribution is 0.259. The molecule has 1 atom stereocenters. The molecule has 152 valence electrons. The monoisotopic (exact) mass is 499 g/mol. The lowest BCUT2D eigenvalue weighted by Gasteiger charge is -2.25. The van der Waals surface area contributed by atoms with Crippen molar-refractivity contribution in [3.8, 4) is 0 Å². The molecule has 0 aromatic heterocycles.